The number of aromatic nitrogens is 1. The third-order valence-corrected chi connectivity index (χ3v) is 5.01. The molecule has 0 spiro atoms. The van der Waals surface area contributed by atoms with Crippen molar-refractivity contribution in [3.05, 3.63) is 35.5 Å². The highest BCUT2D eigenvalue weighted by Crippen LogP contribution is 2.37. The van der Waals surface area contributed by atoms with Gasteiger partial charge in [-0.1, -0.05) is 18.2 Å². The van der Waals surface area contributed by atoms with Gasteiger partial charge in [-0.15, -0.1) is 0 Å². The summed E-state index contributed by atoms with van der Waals surface area (Å²) in [5.41, 5.74) is 3.19. The number of benzene rings is 1. The normalized spacial score (nSPS) is 27.1. The highest BCUT2D eigenvalue weighted by Gasteiger charge is 2.40. The molecule has 0 radical (unpaired) electrons. The van der Waals surface area contributed by atoms with E-state index in [0.717, 1.165) is 22.2 Å². The minimum Gasteiger partial charge on any atom is -0.480 e. The van der Waals surface area contributed by atoms with Gasteiger partial charge in [0.2, 0.25) is 0 Å². The van der Waals surface area contributed by atoms with Crippen molar-refractivity contribution in [3.8, 4) is 0 Å². The molecule has 4 rings (SSSR count). The molecule has 2 aromatic rings. The third-order valence-electron chi connectivity index (χ3n) is 5.01. The first-order valence-corrected chi connectivity index (χ1v) is 8.31. The topological polar surface area (TPSA) is 83.6 Å². The van der Waals surface area contributed by atoms with Crippen LogP contribution in [0.3, 0.4) is 0 Å². The maximum absolute atomic E-state index is 11.6. The summed E-state index contributed by atoms with van der Waals surface area (Å²) in [7, 11) is 0. The molecule has 6 heteroatoms. The van der Waals surface area contributed by atoms with Crippen LogP contribution in [0.2, 0.25) is 0 Å². The highest BCUT2D eigenvalue weighted by atomic mass is 16.7. The van der Waals surface area contributed by atoms with E-state index >= 15 is 0 Å². The van der Waals surface area contributed by atoms with Gasteiger partial charge in [0.15, 0.2) is 5.79 Å². The van der Waals surface area contributed by atoms with E-state index in [0.29, 0.717) is 19.6 Å². The number of carboxylic acid groups (broad SMARTS) is 1. The number of carbonyl (C=O) groups is 1. The van der Waals surface area contributed by atoms with Crippen molar-refractivity contribution in [1.82, 2.24) is 10.3 Å². The van der Waals surface area contributed by atoms with E-state index in [1.807, 2.05) is 38.1 Å². The van der Waals surface area contributed by atoms with E-state index in [1.54, 1.807) is 0 Å². The van der Waals surface area contributed by atoms with E-state index in [2.05, 4.69) is 10.3 Å². The molecule has 2 atom stereocenters. The monoisotopic (exact) mass is 330 g/mol. The maximum atomic E-state index is 11.6. The summed E-state index contributed by atoms with van der Waals surface area (Å²) in [5, 5.41) is 13.9. The number of H-pyrrole nitrogens is 1. The number of ether oxygens (including phenoxy) is 2. The number of hydrogen-bond donors (Lipinski definition) is 3. The summed E-state index contributed by atoms with van der Waals surface area (Å²) >= 11 is 0. The molecular weight excluding hydrogens is 308 g/mol. The molecule has 1 fully saturated rings. The molecular formula is C18H22N2O4. The van der Waals surface area contributed by atoms with Crippen LogP contribution in [0, 0.1) is 5.92 Å². The fraction of sp³-hybridized carbons (Fsp3) is 0.500. The molecule has 3 heterocycles. The second-order valence-electron chi connectivity index (χ2n) is 7.08. The molecule has 0 amide bonds. The number of hydrogen-bond acceptors (Lipinski definition) is 4. The van der Waals surface area contributed by atoms with E-state index in [-0.39, 0.29) is 12.0 Å². The fourth-order valence-electron chi connectivity index (χ4n) is 3.70. The lowest BCUT2D eigenvalue weighted by atomic mass is 9.87. The first kappa shape index (κ1) is 15.6. The molecule has 1 saturated heterocycles. The molecule has 1 unspecified atom stereocenters. The van der Waals surface area contributed by atoms with Crippen LogP contribution < -0.4 is 5.32 Å². The summed E-state index contributed by atoms with van der Waals surface area (Å²) in [4.78, 5) is 15.1. The second kappa shape index (κ2) is 5.58. The molecule has 2 aliphatic rings. The van der Waals surface area contributed by atoms with Crippen LogP contribution in [-0.4, -0.2) is 41.1 Å². The number of aromatic amines is 1. The van der Waals surface area contributed by atoms with Gasteiger partial charge >= 0.3 is 5.97 Å². The first-order chi connectivity index (χ1) is 11.4. The number of rotatable bonds is 2. The third kappa shape index (κ3) is 2.60. The standard InChI is InChI=1S/C18H22N2O4/c1-18(2)23-8-10(9-24-18)15-16-12(7-14(20-15)17(21)22)11-5-3-4-6-13(11)19-16/h3-6,10,14-15,19-20H,7-9H2,1-2H3,(H,21,22)/t14-,15?/m0/s1. The maximum Gasteiger partial charge on any atom is 0.321 e. The van der Waals surface area contributed by atoms with E-state index in [1.165, 1.54) is 0 Å². The molecule has 0 bridgehead atoms. The van der Waals surface area contributed by atoms with Gasteiger partial charge in [-0.2, -0.15) is 0 Å². The summed E-state index contributed by atoms with van der Waals surface area (Å²) in [6, 6.07) is 7.31. The molecule has 0 saturated carbocycles. The number of fused-ring (bicyclic) bond motifs is 3. The first-order valence-electron chi connectivity index (χ1n) is 8.31. The van der Waals surface area contributed by atoms with E-state index in [4.69, 9.17) is 9.47 Å². The zero-order valence-corrected chi connectivity index (χ0v) is 13.8. The number of carboxylic acids is 1. The van der Waals surface area contributed by atoms with Crippen molar-refractivity contribution in [1.29, 1.82) is 0 Å². The van der Waals surface area contributed by atoms with Gasteiger partial charge in [0, 0.05) is 28.9 Å². The minimum atomic E-state index is -0.825. The van der Waals surface area contributed by atoms with Gasteiger partial charge in [0.25, 0.3) is 0 Å². The van der Waals surface area contributed by atoms with Crippen molar-refractivity contribution in [2.45, 2.75) is 38.1 Å². The Hall–Kier alpha value is -1.89. The summed E-state index contributed by atoms with van der Waals surface area (Å²) in [6.45, 7) is 4.86. The Bertz CT molecular complexity index is 772. The van der Waals surface area contributed by atoms with Crippen molar-refractivity contribution in [2.24, 2.45) is 5.92 Å². The van der Waals surface area contributed by atoms with Crippen molar-refractivity contribution >= 4 is 16.9 Å². The van der Waals surface area contributed by atoms with Crippen molar-refractivity contribution in [2.75, 3.05) is 13.2 Å². The SMILES string of the molecule is CC1(C)OCC(C2N[C@H](C(=O)O)Cc3c2[nH]c2ccccc32)CO1. The van der Waals surface area contributed by atoms with Crippen molar-refractivity contribution < 1.29 is 19.4 Å². The fourth-order valence-corrected chi connectivity index (χ4v) is 3.70. The lowest BCUT2D eigenvalue weighted by Crippen LogP contribution is -2.51. The Morgan fingerprint density at radius 1 is 1.25 bits per heavy atom. The van der Waals surface area contributed by atoms with Gasteiger partial charge < -0.3 is 19.6 Å². The minimum absolute atomic E-state index is 0.0620. The lowest BCUT2D eigenvalue weighted by molar-refractivity contribution is -0.266. The Morgan fingerprint density at radius 3 is 2.67 bits per heavy atom. The van der Waals surface area contributed by atoms with E-state index < -0.39 is 17.8 Å². The highest BCUT2D eigenvalue weighted by molar-refractivity contribution is 5.86. The van der Waals surface area contributed by atoms with Gasteiger partial charge in [-0.25, -0.2) is 0 Å². The summed E-state index contributed by atoms with van der Waals surface area (Å²) < 4.78 is 11.6. The second-order valence-corrected chi connectivity index (χ2v) is 7.08. The Morgan fingerprint density at radius 2 is 1.96 bits per heavy atom. The van der Waals surface area contributed by atoms with E-state index in [9.17, 15) is 9.90 Å². The quantitative estimate of drug-likeness (QED) is 0.786. The lowest BCUT2D eigenvalue weighted by Gasteiger charge is -2.40. The molecule has 1 aromatic heterocycles. The van der Waals surface area contributed by atoms with Crippen LogP contribution >= 0.6 is 0 Å². The van der Waals surface area contributed by atoms with Gasteiger partial charge in [-0.3, -0.25) is 10.1 Å². The van der Waals surface area contributed by atoms with Crippen LogP contribution in [0.25, 0.3) is 10.9 Å². The zero-order chi connectivity index (χ0) is 16.9. The summed E-state index contributed by atoms with van der Waals surface area (Å²) in [6.07, 6.45) is 0.477. The number of aliphatic carboxylic acids is 1. The molecule has 0 aliphatic carbocycles. The van der Waals surface area contributed by atoms with Crippen LogP contribution in [-0.2, 0) is 20.7 Å². The molecule has 3 N–H and O–H groups in total. The number of nitrogens with one attached hydrogen (secondary N) is 2. The largest absolute Gasteiger partial charge is 0.480 e. The molecule has 128 valence electrons. The molecule has 6 nitrogen and oxygen atoms in total. The Balaban J connectivity index is 1.73. The average molecular weight is 330 g/mol. The van der Waals surface area contributed by atoms with Crippen LogP contribution in [0.5, 0.6) is 0 Å². The van der Waals surface area contributed by atoms with Crippen LogP contribution in [0.4, 0.5) is 0 Å². The predicted octanol–water partition coefficient (Wildman–Crippen LogP) is 2.21. The number of para-hydroxylation sites is 1. The molecule has 2 aliphatic heterocycles. The van der Waals surface area contributed by atoms with Gasteiger partial charge in [-0.05, 0) is 25.5 Å². The summed E-state index contributed by atoms with van der Waals surface area (Å²) in [5.74, 6) is -1.35. The van der Waals surface area contributed by atoms with Crippen LogP contribution in [0.15, 0.2) is 24.3 Å². The van der Waals surface area contributed by atoms with Crippen molar-refractivity contribution in [3.63, 3.8) is 0 Å². The zero-order valence-electron chi connectivity index (χ0n) is 13.8. The van der Waals surface area contributed by atoms with Gasteiger partial charge in [0.1, 0.15) is 6.04 Å². The predicted molar refractivity (Wildman–Crippen MR) is 88.8 cm³/mol. The Labute approximate surface area is 140 Å². The smallest absolute Gasteiger partial charge is 0.321 e. The molecule has 1 aromatic carbocycles. The Kier molecular flexibility index (Phi) is 3.63. The van der Waals surface area contributed by atoms with Gasteiger partial charge in [0.05, 0.1) is 19.3 Å². The molecule has 24 heavy (non-hydrogen) atoms. The average Bonchev–Trinajstić information content (AvgIpc) is 2.93. The van der Waals surface area contributed by atoms with Crippen LogP contribution in [0.1, 0.15) is 31.1 Å².